The van der Waals surface area contributed by atoms with Crippen molar-refractivity contribution in [1.82, 2.24) is 15.1 Å². The number of rotatable bonds is 5. The molecule has 24 heavy (non-hydrogen) atoms. The number of nitrogens with one attached hydrogen (secondary N) is 1. The third kappa shape index (κ3) is 2.89. The number of carbonyl (C=O) groups excluding carboxylic acids is 1. The van der Waals surface area contributed by atoms with Gasteiger partial charge in [-0.05, 0) is 51.0 Å². The standard InChI is InChI=1S/C17H18FN3O3/c1-10-7-11(2)21(20-10)14-4-3-12(8-13(14)18)15(22)19-9-17(5-6-17)16(23)24/h3-4,7-8H,5-6,9H2,1-2H3,(H,19,22)(H,23,24). The minimum Gasteiger partial charge on any atom is -0.481 e. The van der Waals surface area contributed by atoms with Crippen LogP contribution in [-0.4, -0.2) is 33.3 Å². The Kier molecular flexibility index (Phi) is 3.87. The summed E-state index contributed by atoms with van der Waals surface area (Å²) in [7, 11) is 0. The minimum absolute atomic E-state index is 0.0575. The molecular formula is C17H18FN3O3. The van der Waals surface area contributed by atoms with Crippen molar-refractivity contribution in [2.24, 2.45) is 5.41 Å². The van der Waals surface area contributed by atoms with Crippen LogP contribution >= 0.6 is 0 Å². The summed E-state index contributed by atoms with van der Waals surface area (Å²) in [6.07, 6.45) is 1.10. The molecule has 0 spiro atoms. The fraction of sp³-hybridized carbons (Fsp3) is 0.353. The second kappa shape index (κ2) is 5.74. The molecule has 1 aromatic heterocycles. The maximum Gasteiger partial charge on any atom is 0.311 e. The van der Waals surface area contributed by atoms with Crippen molar-refractivity contribution >= 4 is 11.9 Å². The predicted molar refractivity (Wildman–Crippen MR) is 84.6 cm³/mol. The van der Waals surface area contributed by atoms with Gasteiger partial charge in [0.2, 0.25) is 0 Å². The van der Waals surface area contributed by atoms with Crippen LogP contribution in [0.2, 0.25) is 0 Å². The normalized spacial score (nSPS) is 15.1. The van der Waals surface area contributed by atoms with E-state index in [1.807, 2.05) is 19.9 Å². The van der Waals surface area contributed by atoms with Crippen molar-refractivity contribution < 1.29 is 19.1 Å². The number of aryl methyl sites for hydroxylation is 2. The minimum atomic E-state index is -0.908. The molecule has 1 saturated carbocycles. The second-order valence-electron chi connectivity index (χ2n) is 6.27. The highest BCUT2D eigenvalue weighted by Crippen LogP contribution is 2.45. The predicted octanol–water partition coefficient (Wildman–Crippen LogP) is 2.22. The second-order valence-corrected chi connectivity index (χ2v) is 6.27. The molecule has 1 aliphatic carbocycles. The van der Waals surface area contributed by atoms with Crippen LogP contribution in [0.15, 0.2) is 24.3 Å². The summed E-state index contributed by atoms with van der Waals surface area (Å²) in [6.45, 7) is 3.70. The molecule has 1 aromatic carbocycles. The summed E-state index contributed by atoms with van der Waals surface area (Å²) < 4.78 is 15.8. The van der Waals surface area contributed by atoms with Gasteiger partial charge >= 0.3 is 5.97 Å². The Hall–Kier alpha value is -2.70. The van der Waals surface area contributed by atoms with Crippen molar-refractivity contribution in [3.8, 4) is 5.69 Å². The Morgan fingerprint density at radius 3 is 2.54 bits per heavy atom. The summed E-state index contributed by atoms with van der Waals surface area (Å²) in [5, 5.41) is 15.9. The molecule has 2 aromatic rings. The molecular weight excluding hydrogens is 313 g/mol. The van der Waals surface area contributed by atoms with Crippen LogP contribution in [-0.2, 0) is 4.79 Å². The zero-order valence-corrected chi connectivity index (χ0v) is 13.5. The fourth-order valence-corrected chi connectivity index (χ4v) is 2.66. The van der Waals surface area contributed by atoms with E-state index in [9.17, 15) is 14.0 Å². The van der Waals surface area contributed by atoms with Crippen LogP contribution in [0, 0.1) is 25.1 Å². The van der Waals surface area contributed by atoms with E-state index in [-0.39, 0.29) is 17.8 Å². The molecule has 1 heterocycles. The lowest BCUT2D eigenvalue weighted by molar-refractivity contribution is -0.143. The van der Waals surface area contributed by atoms with Gasteiger partial charge in [0, 0.05) is 17.8 Å². The molecule has 126 valence electrons. The van der Waals surface area contributed by atoms with E-state index >= 15 is 0 Å². The average molecular weight is 331 g/mol. The molecule has 7 heteroatoms. The molecule has 0 radical (unpaired) electrons. The lowest BCUT2D eigenvalue weighted by Crippen LogP contribution is -2.34. The number of benzene rings is 1. The smallest absolute Gasteiger partial charge is 0.311 e. The monoisotopic (exact) mass is 331 g/mol. The number of carbonyl (C=O) groups is 2. The van der Waals surface area contributed by atoms with Gasteiger partial charge in [0.05, 0.1) is 11.1 Å². The highest BCUT2D eigenvalue weighted by Gasteiger charge is 2.50. The van der Waals surface area contributed by atoms with E-state index < -0.39 is 23.1 Å². The van der Waals surface area contributed by atoms with Crippen LogP contribution < -0.4 is 5.32 Å². The van der Waals surface area contributed by atoms with E-state index in [4.69, 9.17) is 5.11 Å². The van der Waals surface area contributed by atoms with Gasteiger partial charge in [-0.25, -0.2) is 9.07 Å². The number of amides is 1. The first-order chi connectivity index (χ1) is 11.3. The maximum atomic E-state index is 14.4. The van der Waals surface area contributed by atoms with Crippen LogP contribution in [0.25, 0.3) is 5.69 Å². The number of carboxylic acids is 1. The summed E-state index contributed by atoms with van der Waals surface area (Å²) in [4.78, 5) is 23.2. The molecule has 1 fully saturated rings. The molecule has 1 aliphatic rings. The quantitative estimate of drug-likeness (QED) is 0.880. The van der Waals surface area contributed by atoms with Gasteiger partial charge < -0.3 is 10.4 Å². The van der Waals surface area contributed by atoms with Gasteiger partial charge in [0.25, 0.3) is 5.91 Å². The molecule has 0 saturated heterocycles. The maximum absolute atomic E-state index is 14.4. The van der Waals surface area contributed by atoms with Gasteiger partial charge in [-0.2, -0.15) is 5.10 Å². The number of halogens is 1. The first-order valence-electron chi connectivity index (χ1n) is 7.67. The molecule has 0 bridgehead atoms. The highest BCUT2D eigenvalue weighted by molar-refractivity contribution is 5.95. The van der Waals surface area contributed by atoms with E-state index in [0.29, 0.717) is 12.8 Å². The van der Waals surface area contributed by atoms with Crippen molar-refractivity contribution in [2.75, 3.05) is 6.54 Å². The number of carboxylic acid groups (broad SMARTS) is 1. The summed E-state index contributed by atoms with van der Waals surface area (Å²) in [6, 6.07) is 5.97. The van der Waals surface area contributed by atoms with Crippen LogP contribution in [0.4, 0.5) is 4.39 Å². The van der Waals surface area contributed by atoms with Crippen molar-refractivity contribution in [1.29, 1.82) is 0 Å². The van der Waals surface area contributed by atoms with Gasteiger partial charge in [0.1, 0.15) is 11.5 Å². The van der Waals surface area contributed by atoms with E-state index in [1.54, 1.807) is 0 Å². The lowest BCUT2D eigenvalue weighted by Gasteiger charge is -2.12. The molecule has 6 nitrogen and oxygen atoms in total. The van der Waals surface area contributed by atoms with Crippen molar-refractivity contribution in [3.63, 3.8) is 0 Å². The Morgan fingerprint density at radius 1 is 1.33 bits per heavy atom. The zero-order chi connectivity index (χ0) is 17.5. The number of hydrogen-bond donors (Lipinski definition) is 2. The highest BCUT2D eigenvalue weighted by atomic mass is 19.1. The SMILES string of the molecule is Cc1cc(C)n(-c2ccc(C(=O)NCC3(C(=O)O)CC3)cc2F)n1. The van der Waals surface area contributed by atoms with Gasteiger partial charge in [-0.15, -0.1) is 0 Å². The molecule has 0 aliphatic heterocycles. The third-order valence-electron chi connectivity index (χ3n) is 4.34. The zero-order valence-electron chi connectivity index (χ0n) is 13.5. The molecule has 2 N–H and O–H groups in total. The summed E-state index contributed by atoms with van der Waals surface area (Å²) in [5.74, 6) is -1.96. The first kappa shape index (κ1) is 16.2. The average Bonchev–Trinajstić information content (AvgIpc) is 3.25. The van der Waals surface area contributed by atoms with E-state index in [0.717, 1.165) is 17.5 Å². The molecule has 1 amide bonds. The van der Waals surface area contributed by atoms with Gasteiger partial charge in [-0.3, -0.25) is 9.59 Å². The number of aliphatic carboxylic acids is 1. The fourth-order valence-electron chi connectivity index (χ4n) is 2.66. The number of aromatic nitrogens is 2. The Morgan fingerprint density at radius 2 is 2.04 bits per heavy atom. The number of hydrogen-bond acceptors (Lipinski definition) is 3. The van der Waals surface area contributed by atoms with Gasteiger partial charge in [-0.1, -0.05) is 0 Å². The van der Waals surface area contributed by atoms with Crippen molar-refractivity contribution in [3.05, 3.63) is 47.0 Å². The molecule has 0 unspecified atom stereocenters. The van der Waals surface area contributed by atoms with E-state index in [2.05, 4.69) is 10.4 Å². The van der Waals surface area contributed by atoms with Crippen LogP contribution in [0.3, 0.4) is 0 Å². The topological polar surface area (TPSA) is 84.2 Å². The molecule has 0 atom stereocenters. The van der Waals surface area contributed by atoms with E-state index in [1.165, 1.54) is 16.8 Å². The van der Waals surface area contributed by atoms with Crippen LogP contribution in [0.5, 0.6) is 0 Å². The summed E-state index contributed by atoms with van der Waals surface area (Å²) in [5.41, 5.74) is 1.14. The Bertz CT molecular complexity index is 824. The Labute approximate surface area is 138 Å². The number of nitrogens with zero attached hydrogens (tertiary/aromatic N) is 2. The molecule has 3 rings (SSSR count). The lowest BCUT2D eigenvalue weighted by atomic mass is 10.1. The van der Waals surface area contributed by atoms with Gasteiger partial charge in [0.15, 0.2) is 0 Å². The third-order valence-corrected chi connectivity index (χ3v) is 4.34. The summed E-state index contributed by atoms with van der Waals surface area (Å²) >= 11 is 0. The largest absolute Gasteiger partial charge is 0.481 e. The first-order valence-corrected chi connectivity index (χ1v) is 7.67. The van der Waals surface area contributed by atoms with Crippen LogP contribution in [0.1, 0.15) is 34.6 Å². The van der Waals surface area contributed by atoms with Crippen molar-refractivity contribution in [2.45, 2.75) is 26.7 Å². The Balaban J connectivity index is 1.76.